The predicted octanol–water partition coefficient (Wildman–Crippen LogP) is 8.09. The number of hydrogen-bond acceptors (Lipinski definition) is 0. The molecule has 0 spiro atoms. The standard InChI is InChI=1S/C22H45O/c1-5-9-13-14-15-16-18-21(17-10-6-2)22(23,19-11-7-3)20-12-8-4/h21H,5-20H2,1-4H3. The molecule has 23 heavy (non-hydrogen) atoms. The summed E-state index contributed by atoms with van der Waals surface area (Å²) in [5.41, 5.74) is -0.634. The normalized spacial score (nSPS) is 13.4. The first-order chi connectivity index (χ1) is 11.1. The molecule has 0 aliphatic rings. The molecule has 1 nitrogen and oxygen atoms in total. The minimum absolute atomic E-state index is 0.423. The van der Waals surface area contributed by atoms with E-state index >= 15 is 0 Å². The van der Waals surface area contributed by atoms with Gasteiger partial charge >= 0.3 is 0 Å². The maximum atomic E-state index is 13.6. The summed E-state index contributed by atoms with van der Waals surface area (Å²) in [6.45, 7) is 8.96. The van der Waals surface area contributed by atoms with Crippen LogP contribution in [0.4, 0.5) is 0 Å². The van der Waals surface area contributed by atoms with Crippen molar-refractivity contribution in [2.45, 2.75) is 136 Å². The lowest BCUT2D eigenvalue weighted by Crippen LogP contribution is -2.37. The van der Waals surface area contributed by atoms with Gasteiger partial charge in [-0.15, -0.1) is 0 Å². The van der Waals surface area contributed by atoms with Crippen molar-refractivity contribution in [3.63, 3.8) is 0 Å². The van der Waals surface area contributed by atoms with Crippen molar-refractivity contribution in [2.75, 3.05) is 0 Å². The third-order valence-electron chi connectivity index (χ3n) is 5.46. The zero-order chi connectivity index (χ0) is 17.4. The highest BCUT2D eigenvalue weighted by molar-refractivity contribution is 4.86. The monoisotopic (exact) mass is 325 g/mol. The third kappa shape index (κ3) is 11.2. The first-order valence-electron chi connectivity index (χ1n) is 10.8. The second kappa shape index (κ2) is 15.5. The molecule has 0 N–H and O–H groups in total. The van der Waals surface area contributed by atoms with Crippen molar-refractivity contribution in [1.82, 2.24) is 0 Å². The van der Waals surface area contributed by atoms with Crippen LogP contribution in [0.3, 0.4) is 0 Å². The van der Waals surface area contributed by atoms with Gasteiger partial charge in [-0.2, -0.15) is 0 Å². The van der Waals surface area contributed by atoms with Crippen LogP contribution in [-0.2, 0) is 5.11 Å². The van der Waals surface area contributed by atoms with Crippen molar-refractivity contribution >= 4 is 0 Å². The summed E-state index contributed by atoms with van der Waals surface area (Å²) in [5, 5.41) is 13.6. The smallest absolute Gasteiger partial charge is 0.106 e. The summed E-state index contributed by atoms with van der Waals surface area (Å²) in [6, 6.07) is 0. The predicted molar refractivity (Wildman–Crippen MR) is 103 cm³/mol. The number of rotatable bonds is 17. The van der Waals surface area contributed by atoms with Crippen molar-refractivity contribution in [1.29, 1.82) is 0 Å². The zero-order valence-corrected chi connectivity index (χ0v) is 16.8. The van der Waals surface area contributed by atoms with Gasteiger partial charge in [0.2, 0.25) is 0 Å². The Labute approximate surface area is 147 Å². The average molecular weight is 326 g/mol. The maximum Gasteiger partial charge on any atom is 0.106 e. The van der Waals surface area contributed by atoms with Crippen molar-refractivity contribution in [2.24, 2.45) is 5.92 Å². The maximum absolute atomic E-state index is 13.6. The molecule has 1 unspecified atom stereocenters. The molecule has 0 rings (SSSR count). The Morgan fingerprint density at radius 2 is 1.00 bits per heavy atom. The van der Waals surface area contributed by atoms with E-state index in [1.54, 1.807) is 0 Å². The van der Waals surface area contributed by atoms with Crippen molar-refractivity contribution < 1.29 is 5.11 Å². The molecule has 0 bridgehead atoms. The highest BCUT2D eigenvalue weighted by atomic mass is 16.3. The summed E-state index contributed by atoms with van der Waals surface area (Å²) in [6.07, 6.45) is 19.2. The van der Waals surface area contributed by atoms with Crippen LogP contribution in [0, 0.1) is 5.92 Å². The van der Waals surface area contributed by atoms with Crippen LogP contribution in [0.15, 0.2) is 0 Å². The molecule has 0 saturated heterocycles. The van der Waals surface area contributed by atoms with E-state index in [0.717, 1.165) is 38.5 Å². The molecule has 1 atom stereocenters. The van der Waals surface area contributed by atoms with E-state index in [9.17, 15) is 5.11 Å². The van der Waals surface area contributed by atoms with Gasteiger partial charge in [0.25, 0.3) is 0 Å². The fourth-order valence-corrected chi connectivity index (χ4v) is 3.78. The molecule has 0 heterocycles. The van der Waals surface area contributed by atoms with Crippen LogP contribution >= 0.6 is 0 Å². The van der Waals surface area contributed by atoms with E-state index in [4.69, 9.17) is 0 Å². The van der Waals surface area contributed by atoms with Crippen LogP contribution in [-0.4, -0.2) is 5.60 Å². The van der Waals surface area contributed by atoms with Crippen LogP contribution in [0.1, 0.15) is 130 Å². The van der Waals surface area contributed by atoms with Crippen LogP contribution < -0.4 is 0 Å². The fraction of sp³-hybridized carbons (Fsp3) is 1.00. The minimum atomic E-state index is -0.634. The van der Waals surface area contributed by atoms with E-state index in [2.05, 4.69) is 27.7 Å². The second-order valence-corrected chi connectivity index (χ2v) is 7.67. The summed E-state index contributed by atoms with van der Waals surface area (Å²) in [4.78, 5) is 0. The highest BCUT2D eigenvalue weighted by Crippen LogP contribution is 2.37. The molecule has 139 valence electrons. The van der Waals surface area contributed by atoms with E-state index in [-0.39, 0.29) is 0 Å². The van der Waals surface area contributed by atoms with Gasteiger partial charge in [-0.3, -0.25) is 0 Å². The molecule has 0 aromatic carbocycles. The molecule has 1 heteroatoms. The van der Waals surface area contributed by atoms with Crippen LogP contribution in [0.2, 0.25) is 0 Å². The van der Waals surface area contributed by atoms with Gasteiger partial charge in [-0.05, 0) is 31.6 Å². The van der Waals surface area contributed by atoms with E-state index in [1.165, 1.54) is 64.2 Å². The molecule has 0 aliphatic heterocycles. The molecule has 0 fully saturated rings. The molecule has 0 aromatic heterocycles. The van der Waals surface area contributed by atoms with Crippen molar-refractivity contribution in [3.8, 4) is 0 Å². The second-order valence-electron chi connectivity index (χ2n) is 7.67. The molecular weight excluding hydrogens is 280 g/mol. The molecule has 1 radical (unpaired) electrons. The van der Waals surface area contributed by atoms with Crippen LogP contribution in [0.25, 0.3) is 0 Å². The van der Waals surface area contributed by atoms with E-state index in [0.29, 0.717) is 5.92 Å². The number of unbranched alkanes of at least 4 members (excludes halogenated alkanes) is 8. The quantitative estimate of drug-likeness (QED) is 0.241. The van der Waals surface area contributed by atoms with Gasteiger partial charge in [0, 0.05) is 0 Å². The van der Waals surface area contributed by atoms with Gasteiger partial charge in [0.05, 0.1) is 0 Å². The van der Waals surface area contributed by atoms with E-state index < -0.39 is 5.60 Å². The fourth-order valence-electron chi connectivity index (χ4n) is 3.78. The Morgan fingerprint density at radius 3 is 1.52 bits per heavy atom. The van der Waals surface area contributed by atoms with Crippen LogP contribution in [0.5, 0.6) is 0 Å². The molecule has 0 aliphatic carbocycles. The molecule has 0 aromatic rings. The van der Waals surface area contributed by atoms with Gasteiger partial charge in [0.1, 0.15) is 5.60 Å². The molecule has 0 amide bonds. The Balaban J connectivity index is 4.50. The van der Waals surface area contributed by atoms with E-state index in [1.807, 2.05) is 0 Å². The molecular formula is C22H45O. The summed E-state index contributed by atoms with van der Waals surface area (Å²) in [7, 11) is 0. The summed E-state index contributed by atoms with van der Waals surface area (Å²) in [5.74, 6) is 0.423. The lowest BCUT2D eigenvalue weighted by molar-refractivity contribution is -0.0993. The van der Waals surface area contributed by atoms with Gasteiger partial charge in [0.15, 0.2) is 0 Å². The van der Waals surface area contributed by atoms with Gasteiger partial charge in [-0.25, -0.2) is 5.11 Å². The average Bonchev–Trinajstić information content (AvgIpc) is 2.56. The number of hydrogen-bond donors (Lipinski definition) is 0. The SMILES string of the molecule is CCCCCCCCC(CCCC)C([O])(CCCC)CCCC. The Hall–Kier alpha value is -0.0400. The minimum Gasteiger partial charge on any atom is -0.229 e. The van der Waals surface area contributed by atoms with Crippen molar-refractivity contribution in [3.05, 3.63) is 0 Å². The lowest BCUT2D eigenvalue weighted by Gasteiger charge is -2.35. The summed E-state index contributed by atoms with van der Waals surface area (Å²) >= 11 is 0. The van der Waals surface area contributed by atoms with Gasteiger partial charge < -0.3 is 0 Å². The Bertz CT molecular complexity index is 228. The third-order valence-corrected chi connectivity index (χ3v) is 5.46. The largest absolute Gasteiger partial charge is 0.229 e. The molecule has 0 saturated carbocycles. The first-order valence-corrected chi connectivity index (χ1v) is 10.8. The lowest BCUT2D eigenvalue weighted by atomic mass is 9.74. The summed E-state index contributed by atoms with van der Waals surface area (Å²) < 4.78 is 0. The Morgan fingerprint density at radius 1 is 0.565 bits per heavy atom. The topological polar surface area (TPSA) is 19.9 Å². The van der Waals surface area contributed by atoms with Gasteiger partial charge in [-0.1, -0.05) is 105 Å². The highest BCUT2D eigenvalue weighted by Gasteiger charge is 2.36. The Kier molecular flexibility index (Phi) is 15.5. The first kappa shape index (κ1) is 23.0. The zero-order valence-electron chi connectivity index (χ0n) is 16.8.